The molecule has 0 aliphatic carbocycles. The maximum atomic E-state index is 3.56. The molecule has 1 aliphatic rings. The summed E-state index contributed by atoms with van der Waals surface area (Å²) >= 11 is 0. The van der Waals surface area contributed by atoms with Crippen molar-refractivity contribution >= 4 is 0 Å². The number of hydrogen-bond acceptors (Lipinski definition) is 3. The van der Waals surface area contributed by atoms with Gasteiger partial charge < -0.3 is 10.6 Å². The van der Waals surface area contributed by atoms with E-state index in [-0.39, 0.29) is 0 Å². The maximum Gasteiger partial charge on any atom is 0.0193 e. The maximum absolute atomic E-state index is 3.56. The fourth-order valence-electron chi connectivity index (χ4n) is 2.06. The smallest absolute Gasteiger partial charge is 0.0193 e. The summed E-state index contributed by atoms with van der Waals surface area (Å²) in [6.45, 7) is 11.6. The molecule has 1 fully saturated rings. The number of rotatable bonds is 7. The third-order valence-corrected chi connectivity index (χ3v) is 3.17. The van der Waals surface area contributed by atoms with E-state index in [2.05, 4.69) is 29.4 Å². The summed E-state index contributed by atoms with van der Waals surface area (Å²) in [7, 11) is 0. The van der Waals surface area contributed by atoms with Crippen LogP contribution in [0, 0.1) is 0 Å². The van der Waals surface area contributed by atoms with Gasteiger partial charge in [0.15, 0.2) is 0 Å². The van der Waals surface area contributed by atoms with Crippen LogP contribution in [0.1, 0.15) is 33.1 Å². The molecule has 0 saturated carbocycles. The molecule has 0 spiro atoms. The minimum Gasteiger partial charge on any atom is -0.315 e. The van der Waals surface area contributed by atoms with Gasteiger partial charge in [0.05, 0.1) is 0 Å². The van der Waals surface area contributed by atoms with Crippen LogP contribution in [0.2, 0.25) is 0 Å². The van der Waals surface area contributed by atoms with Crippen molar-refractivity contribution in [3.63, 3.8) is 0 Å². The lowest BCUT2D eigenvalue weighted by Gasteiger charge is -2.32. The molecule has 15 heavy (non-hydrogen) atoms. The molecular formula is C12H27N3. The quantitative estimate of drug-likeness (QED) is 0.619. The Morgan fingerprint density at radius 3 is 2.67 bits per heavy atom. The lowest BCUT2D eigenvalue weighted by Crippen LogP contribution is -2.50. The van der Waals surface area contributed by atoms with Crippen LogP contribution in [-0.4, -0.2) is 50.2 Å². The Hall–Kier alpha value is -0.120. The summed E-state index contributed by atoms with van der Waals surface area (Å²) in [4.78, 5) is 2.57. The van der Waals surface area contributed by atoms with Crippen LogP contribution < -0.4 is 10.6 Å². The van der Waals surface area contributed by atoms with Crippen molar-refractivity contribution in [1.82, 2.24) is 15.5 Å². The van der Waals surface area contributed by atoms with E-state index in [0.29, 0.717) is 6.04 Å². The molecule has 1 rings (SSSR count). The van der Waals surface area contributed by atoms with E-state index in [1.807, 2.05) is 0 Å². The first kappa shape index (κ1) is 12.9. The molecule has 0 aromatic heterocycles. The number of nitrogens with zero attached hydrogens (tertiary/aromatic N) is 1. The van der Waals surface area contributed by atoms with Crippen molar-refractivity contribution in [2.24, 2.45) is 0 Å². The van der Waals surface area contributed by atoms with Gasteiger partial charge in [0, 0.05) is 38.8 Å². The second-order valence-corrected chi connectivity index (χ2v) is 4.55. The molecule has 0 amide bonds. The van der Waals surface area contributed by atoms with Gasteiger partial charge in [-0.1, -0.05) is 19.8 Å². The molecule has 0 radical (unpaired) electrons. The van der Waals surface area contributed by atoms with Gasteiger partial charge in [-0.15, -0.1) is 0 Å². The molecule has 3 heteroatoms. The number of unbranched alkanes of at least 4 members (excludes halogenated alkanes) is 2. The van der Waals surface area contributed by atoms with Crippen molar-refractivity contribution in [1.29, 1.82) is 0 Å². The van der Waals surface area contributed by atoms with Crippen molar-refractivity contribution in [3.8, 4) is 0 Å². The third-order valence-electron chi connectivity index (χ3n) is 3.17. The van der Waals surface area contributed by atoms with Gasteiger partial charge in [-0.05, 0) is 19.9 Å². The second-order valence-electron chi connectivity index (χ2n) is 4.55. The molecule has 1 aliphatic heterocycles. The predicted molar refractivity (Wildman–Crippen MR) is 66.3 cm³/mol. The Bertz CT molecular complexity index is 144. The number of piperazine rings is 1. The average Bonchev–Trinajstić information content (AvgIpc) is 2.30. The van der Waals surface area contributed by atoms with Gasteiger partial charge in [0.1, 0.15) is 0 Å². The van der Waals surface area contributed by atoms with E-state index >= 15 is 0 Å². The standard InChI is InChI=1S/C12H27N3/c1-3-4-5-6-14-11-12(2)15-9-7-13-8-10-15/h12-14H,3-11H2,1-2H3. The van der Waals surface area contributed by atoms with Gasteiger partial charge in [0.2, 0.25) is 0 Å². The van der Waals surface area contributed by atoms with Crippen LogP contribution in [0.4, 0.5) is 0 Å². The summed E-state index contributed by atoms with van der Waals surface area (Å²) in [5, 5.41) is 6.95. The molecule has 90 valence electrons. The first-order valence-corrected chi connectivity index (χ1v) is 6.50. The second kappa shape index (κ2) is 8.08. The van der Waals surface area contributed by atoms with Crippen molar-refractivity contribution in [2.75, 3.05) is 39.3 Å². The van der Waals surface area contributed by atoms with Gasteiger partial charge >= 0.3 is 0 Å². The average molecular weight is 213 g/mol. The predicted octanol–water partition coefficient (Wildman–Crippen LogP) is 1.06. The third kappa shape index (κ3) is 5.50. The van der Waals surface area contributed by atoms with Gasteiger partial charge in [-0.3, -0.25) is 4.90 Å². The first-order chi connectivity index (χ1) is 7.34. The molecule has 0 aromatic carbocycles. The molecule has 1 saturated heterocycles. The largest absolute Gasteiger partial charge is 0.315 e. The van der Waals surface area contributed by atoms with Crippen LogP contribution >= 0.6 is 0 Å². The zero-order chi connectivity index (χ0) is 10.9. The summed E-state index contributed by atoms with van der Waals surface area (Å²) in [6.07, 6.45) is 3.99. The van der Waals surface area contributed by atoms with Crippen molar-refractivity contribution in [2.45, 2.75) is 39.2 Å². The van der Waals surface area contributed by atoms with Crippen molar-refractivity contribution < 1.29 is 0 Å². The van der Waals surface area contributed by atoms with Crippen LogP contribution in [0.25, 0.3) is 0 Å². The highest BCUT2D eigenvalue weighted by Crippen LogP contribution is 1.99. The SMILES string of the molecule is CCCCCNCC(C)N1CCNCC1. The monoisotopic (exact) mass is 213 g/mol. The zero-order valence-corrected chi connectivity index (χ0v) is 10.4. The lowest BCUT2D eigenvalue weighted by atomic mass is 10.2. The van der Waals surface area contributed by atoms with Crippen LogP contribution in [0.5, 0.6) is 0 Å². The summed E-state index contributed by atoms with van der Waals surface area (Å²) in [5.74, 6) is 0. The molecule has 1 heterocycles. The van der Waals surface area contributed by atoms with Crippen LogP contribution in [0.15, 0.2) is 0 Å². The van der Waals surface area contributed by atoms with Gasteiger partial charge in [0.25, 0.3) is 0 Å². The van der Waals surface area contributed by atoms with Crippen LogP contribution in [-0.2, 0) is 0 Å². The summed E-state index contributed by atoms with van der Waals surface area (Å²) in [5.41, 5.74) is 0. The fraction of sp³-hybridized carbons (Fsp3) is 1.00. The van der Waals surface area contributed by atoms with Crippen LogP contribution in [0.3, 0.4) is 0 Å². The topological polar surface area (TPSA) is 27.3 Å². The molecule has 1 unspecified atom stereocenters. The van der Waals surface area contributed by atoms with E-state index in [9.17, 15) is 0 Å². The van der Waals surface area contributed by atoms with E-state index < -0.39 is 0 Å². The van der Waals surface area contributed by atoms with E-state index in [4.69, 9.17) is 0 Å². The Balaban J connectivity index is 1.99. The highest BCUT2D eigenvalue weighted by Gasteiger charge is 2.15. The van der Waals surface area contributed by atoms with E-state index in [1.54, 1.807) is 0 Å². The highest BCUT2D eigenvalue weighted by molar-refractivity contribution is 4.74. The molecule has 1 atom stereocenters. The summed E-state index contributed by atoms with van der Waals surface area (Å²) < 4.78 is 0. The molecule has 0 aromatic rings. The molecule has 3 nitrogen and oxygen atoms in total. The van der Waals surface area contributed by atoms with E-state index in [0.717, 1.165) is 19.6 Å². The Kier molecular flexibility index (Phi) is 6.98. The van der Waals surface area contributed by atoms with Crippen molar-refractivity contribution in [3.05, 3.63) is 0 Å². The minimum atomic E-state index is 0.689. The van der Waals surface area contributed by atoms with Gasteiger partial charge in [-0.2, -0.15) is 0 Å². The Morgan fingerprint density at radius 1 is 1.27 bits per heavy atom. The van der Waals surface area contributed by atoms with E-state index in [1.165, 1.54) is 38.9 Å². The number of nitrogens with one attached hydrogen (secondary N) is 2. The summed E-state index contributed by atoms with van der Waals surface area (Å²) in [6, 6.07) is 0.689. The molecule has 2 N–H and O–H groups in total. The highest BCUT2D eigenvalue weighted by atomic mass is 15.2. The number of hydrogen-bond donors (Lipinski definition) is 2. The molecular weight excluding hydrogens is 186 g/mol. The molecule has 0 bridgehead atoms. The zero-order valence-electron chi connectivity index (χ0n) is 10.4. The lowest BCUT2D eigenvalue weighted by molar-refractivity contribution is 0.181. The van der Waals surface area contributed by atoms with Gasteiger partial charge in [-0.25, -0.2) is 0 Å². The first-order valence-electron chi connectivity index (χ1n) is 6.50. The Labute approximate surface area is 94.6 Å². The fourth-order valence-corrected chi connectivity index (χ4v) is 2.06. The minimum absolute atomic E-state index is 0.689. The normalized spacial score (nSPS) is 20.4. The Morgan fingerprint density at radius 2 is 2.00 bits per heavy atom.